The number of aromatic nitrogens is 2. The second-order valence-electron chi connectivity index (χ2n) is 9.09. The average molecular weight is 497 g/mol. The van der Waals surface area contributed by atoms with Crippen LogP contribution in [-0.4, -0.2) is 49.9 Å². The van der Waals surface area contributed by atoms with Crippen molar-refractivity contribution in [1.82, 2.24) is 19.6 Å². The van der Waals surface area contributed by atoms with Crippen molar-refractivity contribution >= 4 is 17.7 Å². The third-order valence-corrected chi connectivity index (χ3v) is 6.90. The van der Waals surface area contributed by atoms with Crippen LogP contribution in [0.15, 0.2) is 91.2 Å². The zero-order valence-electron chi connectivity index (χ0n) is 20.4. The molecule has 0 bridgehead atoms. The Morgan fingerprint density at radius 3 is 2.35 bits per heavy atom. The van der Waals surface area contributed by atoms with Gasteiger partial charge >= 0.3 is 0 Å². The van der Waals surface area contributed by atoms with Crippen molar-refractivity contribution in [2.45, 2.75) is 19.0 Å². The van der Waals surface area contributed by atoms with Gasteiger partial charge in [0.15, 0.2) is 0 Å². The van der Waals surface area contributed by atoms with Crippen LogP contribution in [0.2, 0.25) is 0 Å². The van der Waals surface area contributed by atoms with Crippen LogP contribution in [0, 0.1) is 5.82 Å². The monoisotopic (exact) mass is 496 g/mol. The Kier molecular flexibility index (Phi) is 6.17. The summed E-state index contributed by atoms with van der Waals surface area (Å²) in [7, 11) is 1.85. The van der Waals surface area contributed by atoms with Crippen LogP contribution in [-0.2, 0) is 29.6 Å². The number of carbonyl (C=O) groups excluding carboxylic acids is 3. The van der Waals surface area contributed by atoms with Crippen molar-refractivity contribution in [2.24, 2.45) is 7.05 Å². The number of fused-ring (bicyclic) bond motifs is 1. The lowest BCUT2D eigenvalue weighted by Crippen LogP contribution is -2.47. The summed E-state index contributed by atoms with van der Waals surface area (Å²) in [5.41, 5.74) is 4.26. The van der Waals surface area contributed by atoms with E-state index in [2.05, 4.69) is 18.3 Å². The van der Waals surface area contributed by atoms with E-state index in [9.17, 15) is 18.8 Å². The van der Waals surface area contributed by atoms with Crippen molar-refractivity contribution in [3.05, 3.63) is 114 Å². The topological polar surface area (TPSA) is 75.5 Å². The molecule has 3 aromatic rings. The van der Waals surface area contributed by atoms with Gasteiger partial charge in [0, 0.05) is 30.9 Å². The Morgan fingerprint density at radius 1 is 1.00 bits per heavy atom. The molecular weight excluding hydrogens is 471 g/mol. The number of halogens is 1. The van der Waals surface area contributed by atoms with E-state index < -0.39 is 23.7 Å². The summed E-state index contributed by atoms with van der Waals surface area (Å²) in [5.74, 6) is -1.57. The molecule has 37 heavy (non-hydrogen) atoms. The third-order valence-electron chi connectivity index (χ3n) is 6.90. The van der Waals surface area contributed by atoms with Gasteiger partial charge in [-0.15, -0.1) is 0 Å². The first-order valence-corrected chi connectivity index (χ1v) is 11.8. The molecule has 0 fully saturated rings. The maximum absolute atomic E-state index is 14.0. The predicted molar refractivity (Wildman–Crippen MR) is 137 cm³/mol. The molecule has 0 unspecified atom stereocenters. The highest BCUT2D eigenvalue weighted by Gasteiger charge is 2.40. The minimum absolute atomic E-state index is 0.0445. The fourth-order valence-corrected chi connectivity index (χ4v) is 5.05. The van der Waals surface area contributed by atoms with Crippen molar-refractivity contribution in [1.29, 1.82) is 0 Å². The molecule has 0 saturated heterocycles. The normalized spacial score (nSPS) is 16.0. The van der Waals surface area contributed by atoms with E-state index in [-0.39, 0.29) is 30.0 Å². The van der Waals surface area contributed by atoms with E-state index in [0.29, 0.717) is 17.7 Å². The van der Waals surface area contributed by atoms with Crippen LogP contribution in [0.1, 0.15) is 21.5 Å². The molecule has 2 aliphatic rings. The number of carbonyl (C=O) groups is 3. The Balaban J connectivity index is 1.48. The largest absolute Gasteiger partial charge is 0.329 e. The average Bonchev–Trinajstić information content (AvgIpc) is 3.52. The quantitative estimate of drug-likeness (QED) is 0.444. The number of hydrogen-bond acceptors (Lipinski definition) is 4. The molecule has 0 N–H and O–H groups in total. The molecule has 5 rings (SSSR count). The summed E-state index contributed by atoms with van der Waals surface area (Å²) in [6.45, 7) is 7.56. The van der Waals surface area contributed by atoms with E-state index in [0.717, 1.165) is 21.7 Å². The number of hydrogen-bond donors (Lipinski definition) is 0. The second kappa shape index (κ2) is 9.46. The number of aryl methyl sites for hydroxylation is 1. The summed E-state index contributed by atoms with van der Waals surface area (Å²) in [6, 6.07) is 13.1. The van der Waals surface area contributed by atoms with Crippen LogP contribution in [0.4, 0.5) is 4.39 Å². The molecule has 2 aromatic carbocycles. The van der Waals surface area contributed by atoms with Crippen LogP contribution in [0.25, 0.3) is 11.3 Å². The Morgan fingerprint density at radius 2 is 1.73 bits per heavy atom. The third kappa shape index (κ3) is 4.20. The van der Waals surface area contributed by atoms with Crippen molar-refractivity contribution in [3.63, 3.8) is 0 Å². The summed E-state index contributed by atoms with van der Waals surface area (Å²) in [4.78, 5) is 42.4. The maximum Gasteiger partial charge on any atom is 0.261 e. The standard InChI is InChI=1S/C29H25FN4O3/c1-4-23-24(5-2)28(36)34(27(23)35)17-22(14-18-7-6-8-21(30)13-18)33-16-20-15-19(9-10-25(20)29(33)37)26-11-12-31-32(26)3/h4-13,15,22H,1-2,14,16-17H2,3H3/t22-/m0/s1. The predicted octanol–water partition coefficient (Wildman–Crippen LogP) is 3.83. The summed E-state index contributed by atoms with van der Waals surface area (Å²) in [5, 5.41) is 4.22. The van der Waals surface area contributed by atoms with Crippen molar-refractivity contribution < 1.29 is 18.8 Å². The number of nitrogens with zero attached hydrogens (tertiary/aromatic N) is 4. The van der Waals surface area contributed by atoms with Gasteiger partial charge in [-0.1, -0.05) is 43.5 Å². The highest BCUT2D eigenvalue weighted by molar-refractivity contribution is 6.21. The number of imide groups is 1. The summed E-state index contributed by atoms with van der Waals surface area (Å²) >= 11 is 0. The smallest absolute Gasteiger partial charge is 0.261 e. The molecule has 1 atom stereocenters. The molecular formula is C29H25FN4O3. The Hall–Kier alpha value is -4.59. The van der Waals surface area contributed by atoms with Crippen LogP contribution in [0.3, 0.4) is 0 Å². The van der Waals surface area contributed by atoms with Gasteiger partial charge in [-0.25, -0.2) is 4.39 Å². The van der Waals surface area contributed by atoms with Gasteiger partial charge in [0.05, 0.1) is 29.4 Å². The Labute approximate surface area is 213 Å². The molecule has 0 spiro atoms. The van der Waals surface area contributed by atoms with Gasteiger partial charge in [0.1, 0.15) is 5.82 Å². The minimum atomic E-state index is -0.579. The minimum Gasteiger partial charge on any atom is -0.329 e. The summed E-state index contributed by atoms with van der Waals surface area (Å²) in [6.07, 6.45) is 4.66. The van der Waals surface area contributed by atoms with Gasteiger partial charge in [-0.3, -0.25) is 24.0 Å². The molecule has 7 nitrogen and oxygen atoms in total. The molecule has 1 aromatic heterocycles. The van der Waals surface area contributed by atoms with E-state index in [1.54, 1.807) is 34.0 Å². The van der Waals surface area contributed by atoms with E-state index in [4.69, 9.17) is 0 Å². The molecule has 3 heterocycles. The Bertz CT molecular complexity index is 1470. The highest BCUT2D eigenvalue weighted by atomic mass is 19.1. The first kappa shape index (κ1) is 24.1. The molecule has 3 amide bonds. The first-order chi connectivity index (χ1) is 17.8. The fourth-order valence-electron chi connectivity index (χ4n) is 5.05. The second-order valence-corrected chi connectivity index (χ2v) is 9.09. The van der Waals surface area contributed by atoms with Crippen LogP contribution < -0.4 is 0 Å². The number of amides is 3. The summed E-state index contributed by atoms with van der Waals surface area (Å²) < 4.78 is 15.7. The lowest BCUT2D eigenvalue weighted by molar-refractivity contribution is -0.138. The van der Waals surface area contributed by atoms with Crippen molar-refractivity contribution in [2.75, 3.05) is 6.54 Å². The van der Waals surface area contributed by atoms with Gasteiger partial charge in [0.2, 0.25) is 0 Å². The lowest BCUT2D eigenvalue weighted by atomic mass is 10.0. The van der Waals surface area contributed by atoms with E-state index in [1.807, 2.05) is 25.2 Å². The van der Waals surface area contributed by atoms with Gasteiger partial charge < -0.3 is 4.90 Å². The lowest BCUT2D eigenvalue weighted by Gasteiger charge is -2.31. The number of rotatable bonds is 8. The molecule has 186 valence electrons. The molecule has 0 saturated carbocycles. The molecule has 0 radical (unpaired) electrons. The fraction of sp³-hybridized carbons (Fsp3) is 0.172. The zero-order valence-corrected chi connectivity index (χ0v) is 20.4. The SMILES string of the molecule is C=CC1=C(C=C)C(=O)N(C[C@H](Cc2cccc(F)c2)N2Cc3cc(-c4ccnn4C)ccc3C2=O)C1=O. The van der Waals surface area contributed by atoms with Crippen LogP contribution >= 0.6 is 0 Å². The molecule has 2 aliphatic heterocycles. The molecule has 0 aliphatic carbocycles. The van der Waals surface area contributed by atoms with Crippen molar-refractivity contribution in [3.8, 4) is 11.3 Å². The van der Waals surface area contributed by atoms with Gasteiger partial charge in [-0.05, 0) is 47.9 Å². The van der Waals surface area contributed by atoms with Gasteiger partial charge in [0.25, 0.3) is 17.7 Å². The van der Waals surface area contributed by atoms with E-state index >= 15 is 0 Å². The maximum atomic E-state index is 14.0. The van der Waals surface area contributed by atoms with E-state index in [1.165, 1.54) is 24.3 Å². The zero-order chi connectivity index (χ0) is 26.3. The highest BCUT2D eigenvalue weighted by Crippen LogP contribution is 2.32. The first-order valence-electron chi connectivity index (χ1n) is 11.8. The van der Waals surface area contributed by atoms with Gasteiger partial charge in [-0.2, -0.15) is 5.10 Å². The number of benzene rings is 2. The van der Waals surface area contributed by atoms with Crippen LogP contribution in [0.5, 0.6) is 0 Å². The molecule has 8 heteroatoms.